The molecule has 2 rings (SSSR count). The summed E-state index contributed by atoms with van der Waals surface area (Å²) in [5.41, 5.74) is -0.0534. The van der Waals surface area contributed by atoms with Crippen molar-refractivity contribution < 1.29 is 4.74 Å². The standard InChI is InChI=1S/C17H34N2O/c1-14-7-6-8-15(11-14)18-9-10-19-12-16(2,3)20-17(4,5)13-19/h14-15,18H,6-13H2,1-5H3. The maximum Gasteiger partial charge on any atom is 0.0760 e. The van der Waals surface area contributed by atoms with E-state index >= 15 is 0 Å². The Balaban J connectivity index is 1.73. The van der Waals surface area contributed by atoms with E-state index < -0.39 is 0 Å². The molecule has 0 aromatic rings. The zero-order valence-electron chi connectivity index (χ0n) is 14.2. The highest BCUT2D eigenvalue weighted by Crippen LogP contribution is 2.28. The van der Waals surface area contributed by atoms with Crippen LogP contribution in [0.1, 0.15) is 60.3 Å². The van der Waals surface area contributed by atoms with Crippen molar-refractivity contribution in [2.75, 3.05) is 26.2 Å². The number of ether oxygens (including phenoxy) is 1. The molecule has 0 aromatic heterocycles. The molecule has 3 heteroatoms. The number of rotatable bonds is 4. The summed E-state index contributed by atoms with van der Waals surface area (Å²) in [5.74, 6) is 0.905. The molecule has 1 saturated heterocycles. The van der Waals surface area contributed by atoms with E-state index in [-0.39, 0.29) is 11.2 Å². The van der Waals surface area contributed by atoms with Crippen LogP contribution in [-0.2, 0) is 4.74 Å². The molecule has 0 aromatic carbocycles. The molecule has 1 N–H and O–H groups in total. The van der Waals surface area contributed by atoms with Crippen LogP contribution in [0.4, 0.5) is 0 Å². The molecule has 1 heterocycles. The summed E-state index contributed by atoms with van der Waals surface area (Å²) in [6, 6.07) is 0.751. The van der Waals surface area contributed by atoms with Crippen LogP contribution in [0, 0.1) is 5.92 Å². The van der Waals surface area contributed by atoms with E-state index in [9.17, 15) is 0 Å². The SMILES string of the molecule is CC1CCCC(NCCN2CC(C)(C)OC(C)(C)C2)C1. The first-order valence-corrected chi connectivity index (χ1v) is 8.42. The average molecular weight is 282 g/mol. The van der Waals surface area contributed by atoms with Gasteiger partial charge in [0.1, 0.15) is 0 Å². The van der Waals surface area contributed by atoms with Crippen LogP contribution in [0.25, 0.3) is 0 Å². The molecule has 2 unspecified atom stereocenters. The van der Waals surface area contributed by atoms with Gasteiger partial charge in [-0.3, -0.25) is 4.90 Å². The van der Waals surface area contributed by atoms with Gasteiger partial charge in [-0.1, -0.05) is 19.8 Å². The predicted molar refractivity (Wildman–Crippen MR) is 85.1 cm³/mol. The summed E-state index contributed by atoms with van der Waals surface area (Å²) in [4.78, 5) is 2.56. The smallest absolute Gasteiger partial charge is 0.0760 e. The van der Waals surface area contributed by atoms with E-state index in [0.717, 1.165) is 38.1 Å². The van der Waals surface area contributed by atoms with E-state index in [2.05, 4.69) is 44.8 Å². The minimum absolute atomic E-state index is 0.0267. The topological polar surface area (TPSA) is 24.5 Å². The van der Waals surface area contributed by atoms with Gasteiger partial charge in [0, 0.05) is 32.2 Å². The molecule has 2 atom stereocenters. The minimum atomic E-state index is -0.0267. The second kappa shape index (κ2) is 6.33. The van der Waals surface area contributed by atoms with Crippen molar-refractivity contribution in [1.82, 2.24) is 10.2 Å². The average Bonchev–Trinajstić information content (AvgIpc) is 2.24. The highest BCUT2D eigenvalue weighted by molar-refractivity contribution is 4.89. The Labute approximate surface area is 125 Å². The largest absolute Gasteiger partial charge is 0.367 e. The molecule has 0 radical (unpaired) electrons. The van der Waals surface area contributed by atoms with Crippen LogP contribution in [0.3, 0.4) is 0 Å². The Morgan fingerprint density at radius 3 is 2.35 bits per heavy atom. The predicted octanol–water partition coefficient (Wildman–Crippen LogP) is 3.04. The van der Waals surface area contributed by atoms with Crippen LogP contribution >= 0.6 is 0 Å². The molecule has 0 amide bonds. The number of nitrogens with zero attached hydrogens (tertiary/aromatic N) is 1. The van der Waals surface area contributed by atoms with Crippen molar-refractivity contribution >= 4 is 0 Å². The summed E-state index contributed by atoms with van der Waals surface area (Å²) in [5, 5.41) is 3.77. The van der Waals surface area contributed by atoms with Gasteiger partial charge in [-0.05, 0) is 46.5 Å². The van der Waals surface area contributed by atoms with Gasteiger partial charge in [0.2, 0.25) is 0 Å². The van der Waals surface area contributed by atoms with E-state index in [1.54, 1.807) is 0 Å². The van der Waals surface area contributed by atoms with Crippen LogP contribution in [-0.4, -0.2) is 48.3 Å². The van der Waals surface area contributed by atoms with E-state index in [4.69, 9.17) is 4.74 Å². The molecule has 2 aliphatic rings. The summed E-state index contributed by atoms with van der Waals surface area (Å²) >= 11 is 0. The van der Waals surface area contributed by atoms with Crippen LogP contribution in [0.5, 0.6) is 0 Å². The number of hydrogen-bond acceptors (Lipinski definition) is 3. The van der Waals surface area contributed by atoms with E-state index in [0.29, 0.717) is 0 Å². The van der Waals surface area contributed by atoms with E-state index in [1.807, 2.05) is 0 Å². The minimum Gasteiger partial charge on any atom is -0.367 e. The lowest BCUT2D eigenvalue weighted by Crippen LogP contribution is -2.58. The molecule has 20 heavy (non-hydrogen) atoms. The monoisotopic (exact) mass is 282 g/mol. The van der Waals surface area contributed by atoms with Gasteiger partial charge in [-0.2, -0.15) is 0 Å². The number of nitrogens with one attached hydrogen (secondary N) is 1. The lowest BCUT2D eigenvalue weighted by molar-refractivity contribution is -0.180. The van der Waals surface area contributed by atoms with Crippen molar-refractivity contribution in [2.24, 2.45) is 5.92 Å². The Morgan fingerprint density at radius 1 is 1.10 bits per heavy atom. The molecule has 0 bridgehead atoms. The van der Waals surface area contributed by atoms with Crippen LogP contribution < -0.4 is 5.32 Å². The molecule has 1 saturated carbocycles. The van der Waals surface area contributed by atoms with Gasteiger partial charge in [0.15, 0.2) is 0 Å². The van der Waals surface area contributed by atoms with Gasteiger partial charge in [0.05, 0.1) is 11.2 Å². The fraction of sp³-hybridized carbons (Fsp3) is 1.00. The number of morpholine rings is 1. The van der Waals surface area contributed by atoms with Gasteiger partial charge in [0.25, 0.3) is 0 Å². The molecule has 1 aliphatic carbocycles. The van der Waals surface area contributed by atoms with Crippen molar-refractivity contribution in [3.05, 3.63) is 0 Å². The molecule has 118 valence electrons. The summed E-state index contributed by atoms with van der Waals surface area (Å²) in [6.07, 6.45) is 5.55. The second-order valence-corrected chi connectivity index (χ2v) is 8.25. The van der Waals surface area contributed by atoms with Crippen molar-refractivity contribution in [3.63, 3.8) is 0 Å². The third kappa shape index (κ3) is 5.01. The fourth-order valence-corrected chi connectivity index (χ4v) is 4.15. The Morgan fingerprint density at radius 2 is 1.75 bits per heavy atom. The third-order valence-electron chi connectivity index (χ3n) is 4.56. The Bertz CT molecular complexity index is 298. The van der Waals surface area contributed by atoms with E-state index in [1.165, 1.54) is 25.7 Å². The zero-order valence-corrected chi connectivity index (χ0v) is 14.2. The molecule has 3 nitrogen and oxygen atoms in total. The molecule has 1 aliphatic heterocycles. The third-order valence-corrected chi connectivity index (χ3v) is 4.56. The maximum atomic E-state index is 6.14. The Kier molecular flexibility index (Phi) is 5.14. The quantitative estimate of drug-likeness (QED) is 0.858. The molecular weight excluding hydrogens is 248 g/mol. The summed E-state index contributed by atoms with van der Waals surface area (Å²) < 4.78 is 6.14. The second-order valence-electron chi connectivity index (χ2n) is 8.25. The van der Waals surface area contributed by atoms with Crippen LogP contribution in [0.15, 0.2) is 0 Å². The maximum absolute atomic E-state index is 6.14. The molecule has 0 spiro atoms. The first-order valence-electron chi connectivity index (χ1n) is 8.42. The highest BCUT2D eigenvalue weighted by Gasteiger charge is 2.37. The fourth-order valence-electron chi connectivity index (χ4n) is 4.15. The van der Waals surface area contributed by atoms with Crippen LogP contribution in [0.2, 0.25) is 0 Å². The zero-order chi connectivity index (χ0) is 14.8. The molecular formula is C17H34N2O. The van der Waals surface area contributed by atoms with Gasteiger partial charge in [-0.25, -0.2) is 0 Å². The first kappa shape index (κ1) is 16.3. The summed E-state index contributed by atoms with van der Waals surface area (Å²) in [7, 11) is 0. The van der Waals surface area contributed by atoms with Crippen molar-refractivity contribution in [3.8, 4) is 0 Å². The Hall–Kier alpha value is -0.120. The highest BCUT2D eigenvalue weighted by atomic mass is 16.5. The summed E-state index contributed by atoms with van der Waals surface area (Å²) in [6.45, 7) is 15.5. The first-order chi connectivity index (χ1) is 9.26. The lowest BCUT2D eigenvalue weighted by atomic mass is 9.87. The molecule has 2 fully saturated rings. The normalized spacial score (nSPS) is 34.0. The number of hydrogen-bond donors (Lipinski definition) is 1. The van der Waals surface area contributed by atoms with Crippen molar-refractivity contribution in [1.29, 1.82) is 0 Å². The lowest BCUT2D eigenvalue weighted by Gasteiger charge is -2.47. The van der Waals surface area contributed by atoms with Gasteiger partial charge < -0.3 is 10.1 Å². The van der Waals surface area contributed by atoms with Gasteiger partial charge in [-0.15, -0.1) is 0 Å². The van der Waals surface area contributed by atoms with Gasteiger partial charge >= 0.3 is 0 Å². The van der Waals surface area contributed by atoms with Crippen molar-refractivity contribution in [2.45, 2.75) is 77.5 Å².